The van der Waals surface area contributed by atoms with Crippen molar-refractivity contribution in [3.63, 3.8) is 0 Å². The Bertz CT molecular complexity index is 1240. The van der Waals surface area contributed by atoms with E-state index in [0.29, 0.717) is 22.9 Å². The maximum atomic E-state index is 13.0. The van der Waals surface area contributed by atoms with Crippen molar-refractivity contribution in [2.24, 2.45) is 0 Å². The normalized spacial score (nSPS) is 15.1. The van der Waals surface area contributed by atoms with Crippen molar-refractivity contribution < 1.29 is 19.1 Å². The molecule has 1 fully saturated rings. The molecule has 1 aliphatic heterocycles. The molecule has 0 aromatic heterocycles. The average Bonchev–Trinajstić information content (AvgIpc) is 3.06. The van der Waals surface area contributed by atoms with E-state index >= 15 is 0 Å². The van der Waals surface area contributed by atoms with E-state index in [1.807, 2.05) is 43.3 Å². The minimum atomic E-state index is -0.489. The minimum Gasteiger partial charge on any atom is -0.493 e. The van der Waals surface area contributed by atoms with Crippen molar-refractivity contribution in [3.8, 4) is 5.75 Å². The van der Waals surface area contributed by atoms with Gasteiger partial charge in [-0.05, 0) is 65.4 Å². The molecule has 3 aromatic carbocycles. The van der Waals surface area contributed by atoms with E-state index in [-0.39, 0.29) is 17.2 Å². The highest BCUT2D eigenvalue weighted by atomic mass is 35.5. The van der Waals surface area contributed by atoms with Gasteiger partial charge in [0.1, 0.15) is 5.75 Å². The lowest BCUT2D eigenvalue weighted by Crippen LogP contribution is -2.33. The summed E-state index contributed by atoms with van der Waals surface area (Å²) in [6, 6.07) is 18.0. The summed E-state index contributed by atoms with van der Waals surface area (Å²) in [6.07, 6.45) is 2.53. The number of rotatable bonds is 7. The van der Waals surface area contributed by atoms with Crippen molar-refractivity contribution in [1.82, 2.24) is 4.90 Å². The molecule has 162 valence electrons. The van der Waals surface area contributed by atoms with Gasteiger partial charge in [0.25, 0.3) is 11.1 Å². The molecule has 0 bridgehead atoms. The number of benzene rings is 3. The molecule has 32 heavy (non-hydrogen) atoms. The smallest absolute Gasteiger partial charge is 0.293 e. The van der Waals surface area contributed by atoms with Crippen LogP contribution in [0.3, 0.4) is 0 Å². The van der Waals surface area contributed by atoms with Gasteiger partial charge in [-0.3, -0.25) is 19.3 Å². The Morgan fingerprint density at radius 3 is 2.56 bits per heavy atom. The number of imide groups is 1. The highest BCUT2D eigenvalue weighted by Gasteiger charge is 2.36. The summed E-state index contributed by atoms with van der Waals surface area (Å²) in [5.74, 6) is -0.173. The average molecular weight is 466 g/mol. The van der Waals surface area contributed by atoms with Crippen molar-refractivity contribution in [2.45, 2.75) is 13.3 Å². The molecule has 0 aliphatic carbocycles. The molecule has 0 radical (unpaired) electrons. The van der Waals surface area contributed by atoms with Crippen LogP contribution < -0.4 is 4.74 Å². The van der Waals surface area contributed by atoms with Crippen LogP contribution in [-0.4, -0.2) is 35.0 Å². The van der Waals surface area contributed by atoms with Crippen molar-refractivity contribution in [3.05, 3.63) is 81.7 Å². The third-order valence-corrected chi connectivity index (χ3v) is 6.17. The Labute approximate surface area is 195 Å². The Kier molecular flexibility index (Phi) is 6.63. The molecule has 0 spiro atoms. The first kappa shape index (κ1) is 22.1. The van der Waals surface area contributed by atoms with Crippen LogP contribution in [0.2, 0.25) is 5.02 Å². The van der Waals surface area contributed by atoms with Gasteiger partial charge in [0.05, 0.1) is 18.1 Å². The van der Waals surface area contributed by atoms with Gasteiger partial charge in [-0.2, -0.15) is 0 Å². The number of Topliss-reactive ketones (excluding diaryl/α,β-unsaturated/α-hetero) is 1. The molecular formula is C25H20ClNO4S. The Morgan fingerprint density at radius 2 is 1.81 bits per heavy atom. The highest BCUT2D eigenvalue weighted by molar-refractivity contribution is 8.18. The largest absolute Gasteiger partial charge is 0.493 e. The number of thioether (sulfide) groups is 1. The molecule has 0 unspecified atom stereocenters. The second kappa shape index (κ2) is 9.59. The van der Waals surface area contributed by atoms with E-state index in [1.54, 1.807) is 30.3 Å². The second-order valence-corrected chi connectivity index (χ2v) is 8.67. The molecule has 1 aliphatic rings. The molecule has 0 N–H and O–H groups in total. The van der Waals surface area contributed by atoms with Gasteiger partial charge in [0, 0.05) is 16.1 Å². The van der Waals surface area contributed by atoms with E-state index in [9.17, 15) is 14.4 Å². The van der Waals surface area contributed by atoms with Crippen molar-refractivity contribution >= 4 is 57.1 Å². The molecular weight excluding hydrogens is 446 g/mol. The third kappa shape index (κ3) is 4.56. The number of halogens is 1. The van der Waals surface area contributed by atoms with Crippen LogP contribution in [-0.2, 0) is 4.79 Å². The number of hydrogen-bond acceptors (Lipinski definition) is 5. The molecule has 5 nitrogen and oxygen atoms in total. The van der Waals surface area contributed by atoms with Crippen LogP contribution in [0.25, 0.3) is 16.8 Å². The fourth-order valence-electron chi connectivity index (χ4n) is 3.40. The van der Waals surface area contributed by atoms with Crippen LogP contribution in [0.15, 0.2) is 65.6 Å². The maximum absolute atomic E-state index is 13.0. The van der Waals surface area contributed by atoms with Crippen LogP contribution in [0, 0.1) is 0 Å². The number of fused-ring (bicyclic) bond motifs is 1. The number of hydrogen-bond donors (Lipinski definition) is 0. The lowest BCUT2D eigenvalue weighted by atomic mass is 10.0. The van der Waals surface area contributed by atoms with Gasteiger partial charge in [0.15, 0.2) is 5.78 Å². The van der Waals surface area contributed by atoms with Crippen LogP contribution >= 0.6 is 23.4 Å². The van der Waals surface area contributed by atoms with Crippen LogP contribution in [0.5, 0.6) is 5.75 Å². The quantitative estimate of drug-likeness (QED) is 0.307. The Hall–Kier alpha value is -3.09. The standard InChI is InChI=1S/C25H20ClNO4S/c1-2-13-31-22-12-9-16-5-3-4-6-19(16)20(22)14-23-24(29)27(25(30)32-23)15-21(28)17-7-10-18(26)11-8-17/h3-12,14H,2,13,15H2,1H3/b23-14-. The van der Waals surface area contributed by atoms with E-state index in [0.717, 1.165) is 39.4 Å². The van der Waals surface area contributed by atoms with E-state index in [1.165, 1.54) is 0 Å². The van der Waals surface area contributed by atoms with Crippen LogP contribution in [0.1, 0.15) is 29.3 Å². The predicted molar refractivity (Wildman–Crippen MR) is 128 cm³/mol. The van der Waals surface area contributed by atoms with Gasteiger partial charge < -0.3 is 4.74 Å². The number of nitrogens with zero attached hydrogens (tertiary/aromatic N) is 1. The summed E-state index contributed by atoms with van der Waals surface area (Å²) in [5.41, 5.74) is 1.13. The summed E-state index contributed by atoms with van der Waals surface area (Å²) >= 11 is 6.69. The second-order valence-electron chi connectivity index (χ2n) is 7.24. The molecule has 3 aromatic rings. The van der Waals surface area contributed by atoms with E-state index in [4.69, 9.17) is 16.3 Å². The van der Waals surface area contributed by atoms with Gasteiger partial charge in [-0.15, -0.1) is 0 Å². The van der Waals surface area contributed by atoms with Gasteiger partial charge >= 0.3 is 0 Å². The number of carbonyl (C=O) groups is 3. The lowest BCUT2D eigenvalue weighted by Gasteiger charge is -2.13. The number of amides is 2. The van der Waals surface area contributed by atoms with Crippen molar-refractivity contribution in [2.75, 3.05) is 13.2 Å². The predicted octanol–water partition coefficient (Wildman–Crippen LogP) is 6.20. The molecule has 0 atom stereocenters. The summed E-state index contributed by atoms with van der Waals surface area (Å²) in [5, 5.41) is 1.96. The fourth-order valence-corrected chi connectivity index (χ4v) is 4.35. The lowest BCUT2D eigenvalue weighted by molar-refractivity contribution is -0.122. The number of carbonyl (C=O) groups excluding carboxylic acids is 3. The monoisotopic (exact) mass is 465 g/mol. The number of ether oxygens (including phenoxy) is 1. The van der Waals surface area contributed by atoms with Gasteiger partial charge in [0.2, 0.25) is 0 Å². The molecule has 0 saturated carbocycles. The van der Waals surface area contributed by atoms with Gasteiger partial charge in [-0.1, -0.05) is 48.9 Å². The fraction of sp³-hybridized carbons (Fsp3) is 0.160. The molecule has 2 amide bonds. The van der Waals surface area contributed by atoms with E-state index in [2.05, 4.69) is 0 Å². The Balaban J connectivity index is 1.65. The molecule has 1 saturated heterocycles. The topological polar surface area (TPSA) is 63.7 Å². The van der Waals surface area contributed by atoms with Crippen LogP contribution in [0.4, 0.5) is 4.79 Å². The Morgan fingerprint density at radius 1 is 1.06 bits per heavy atom. The zero-order chi connectivity index (χ0) is 22.7. The first-order valence-electron chi connectivity index (χ1n) is 10.2. The molecule has 4 rings (SSSR count). The SMILES string of the molecule is CCCOc1ccc2ccccc2c1/C=C1\SC(=O)N(CC(=O)c2ccc(Cl)cc2)C1=O. The van der Waals surface area contributed by atoms with Gasteiger partial charge in [-0.25, -0.2) is 0 Å². The first-order chi connectivity index (χ1) is 15.5. The summed E-state index contributed by atoms with van der Waals surface area (Å²) in [6.45, 7) is 2.23. The zero-order valence-corrected chi connectivity index (χ0v) is 18.9. The number of ketones is 1. The first-order valence-corrected chi connectivity index (χ1v) is 11.4. The zero-order valence-electron chi connectivity index (χ0n) is 17.3. The molecule has 7 heteroatoms. The third-order valence-electron chi connectivity index (χ3n) is 5.01. The summed E-state index contributed by atoms with van der Waals surface area (Å²) < 4.78 is 5.90. The highest BCUT2D eigenvalue weighted by Crippen LogP contribution is 2.37. The van der Waals surface area contributed by atoms with Crippen molar-refractivity contribution in [1.29, 1.82) is 0 Å². The molecule has 1 heterocycles. The minimum absolute atomic E-state index is 0.261. The summed E-state index contributed by atoms with van der Waals surface area (Å²) in [7, 11) is 0. The summed E-state index contributed by atoms with van der Waals surface area (Å²) in [4.78, 5) is 39.4. The van der Waals surface area contributed by atoms with E-state index < -0.39 is 11.1 Å². The maximum Gasteiger partial charge on any atom is 0.293 e.